The Morgan fingerprint density at radius 2 is 1.84 bits per heavy atom. The third kappa shape index (κ3) is 4.93. The Kier molecular flexibility index (Phi) is 6.33. The number of rotatable bonds is 6. The van der Waals surface area contributed by atoms with Crippen molar-refractivity contribution in [3.05, 3.63) is 57.2 Å². The van der Waals surface area contributed by atoms with E-state index in [9.17, 15) is 18.0 Å². The maximum Gasteiger partial charge on any atom is 0.308 e. The molecule has 2 aromatic carbocycles. The Balaban J connectivity index is 1.53. The third-order valence-electron chi connectivity index (χ3n) is 4.96. The number of carbonyl (C=O) groups is 1. The van der Waals surface area contributed by atoms with Crippen LogP contribution in [-0.4, -0.2) is 50.1 Å². The topological polar surface area (TPSA) is 97.7 Å². The highest BCUT2D eigenvalue weighted by Crippen LogP contribution is 2.24. The van der Waals surface area contributed by atoms with Gasteiger partial charge in [0.1, 0.15) is 0 Å². The Morgan fingerprint density at radius 3 is 2.55 bits per heavy atom. The number of hydrogen-bond acceptors (Lipinski definition) is 6. The van der Waals surface area contributed by atoms with Gasteiger partial charge in [-0.1, -0.05) is 22.9 Å². The molecule has 1 amide bonds. The number of nitrogens with one attached hydrogen (secondary N) is 1. The fourth-order valence-electron chi connectivity index (χ4n) is 3.34. The van der Waals surface area contributed by atoms with Crippen molar-refractivity contribution in [3.8, 4) is 0 Å². The van der Waals surface area contributed by atoms with E-state index in [1.807, 2.05) is 0 Å². The number of amides is 1. The molecule has 1 N–H and O–H groups in total. The van der Waals surface area contributed by atoms with Crippen LogP contribution < -0.4 is 9.60 Å². The second kappa shape index (κ2) is 8.99. The minimum Gasteiger partial charge on any atom is -0.378 e. The van der Waals surface area contributed by atoms with Crippen LogP contribution in [0.4, 0.5) is 5.69 Å². The molecule has 0 bridgehead atoms. The number of hydrogen-bond donors (Lipinski definition) is 1. The Morgan fingerprint density at radius 1 is 1.13 bits per heavy atom. The summed E-state index contributed by atoms with van der Waals surface area (Å²) in [5, 5.41) is 0.502. The second-order valence-electron chi connectivity index (χ2n) is 7.00. The van der Waals surface area contributed by atoms with Gasteiger partial charge >= 0.3 is 4.87 Å². The Hall–Kier alpha value is -2.40. The Bertz CT molecular complexity index is 1260. The predicted octanol–water partition coefficient (Wildman–Crippen LogP) is 2.77. The van der Waals surface area contributed by atoms with Gasteiger partial charge < -0.3 is 9.64 Å². The molecule has 1 fully saturated rings. The van der Waals surface area contributed by atoms with E-state index < -0.39 is 10.0 Å². The van der Waals surface area contributed by atoms with E-state index in [4.69, 9.17) is 16.3 Å². The predicted molar refractivity (Wildman–Crippen MR) is 120 cm³/mol. The maximum absolute atomic E-state index is 12.7. The molecule has 1 aliphatic heterocycles. The van der Waals surface area contributed by atoms with Crippen LogP contribution in [0.15, 0.2) is 52.2 Å². The molecule has 164 valence electrons. The lowest BCUT2D eigenvalue weighted by Gasteiger charge is -2.26. The van der Waals surface area contributed by atoms with Crippen molar-refractivity contribution in [3.63, 3.8) is 0 Å². The molecule has 11 heteroatoms. The van der Waals surface area contributed by atoms with Gasteiger partial charge in [0.25, 0.3) is 10.0 Å². The highest BCUT2D eigenvalue weighted by molar-refractivity contribution is 7.92. The quantitative estimate of drug-likeness (QED) is 0.583. The number of benzene rings is 2. The molecule has 8 nitrogen and oxygen atoms in total. The molecule has 4 rings (SSSR count). The number of aryl methyl sites for hydroxylation is 1. The summed E-state index contributed by atoms with van der Waals surface area (Å²) in [6.45, 7) is 2.40. The highest BCUT2D eigenvalue weighted by atomic mass is 35.5. The first-order valence-corrected chi connectivity index (χ1v) is 12.3. The van der Waals surface area contributed by atoms with Crippen LogP contribution in [0, 0.1) is 0 Å². The zero-order valence-electron chi connectivity index (χ0n) is 16.4. The van der Waals surface area contributed by atoms with Crippen molar-refractivity contribution in [1.82, 2.24) is 9.47 Å². The van der Waals surface area contributed by atoms with E-state index >= 15 is 0 Å². The lowest BCUT2D eigenvalue weighted by Crippen LogP contribution is -2.41. The van der Waals surface area contributed by atoms with Gasteiger partial charge in [0.05, 0.1) is 28.3 Å². The van der Waals surface area contributed by atoms with E-state index in [0.717, 1.165) is 11.3 Å². The zero-order valence-corrected chi connectivity index (χ0v) is 18.8. The van der Waals surface area contributed by atoms with Crippen LogP contribution in [0.3, 0.4) is 0 Å². The molecule has 0 aliphatic carbocycles. The summed E-state index contributed by atoms with van der Waals surface area (Å²) in [5.41, 5.74) is 0.993. The van der Waals surface area contributed by atoms with Gasteiger partial charge in [0.2, 0.25) is 5.91 Å². The monoisotopic (exact) mass is 481 g/mol. The van der Waals surface area contributed by atoms with Crippen molar-refractivity contribution in [1.29, 1.82) is 0 Å². The number of thiazole rings is 1. The van der Waals surface area contributed by atoms with Gasteiger partial charge in [-0.25, -0.2) is 8.42 Å². The number of carbonyl (C=O) groups excluding carboxylic acids is 1. The van der Waals surface area contributed by atoms with Crippen LogP contribution in [-0.2, 0) is 26.1 Å². The fraction of sp³-hybridized carbons (Fsp3) is 0.300. The van der Waals surface area contributed by atoms with Gasteiger partial charge in [-0.05, 0) is 42.5 Å². The second-order valence-corrected chi connectivity index (χ2v) is 10.1. The molecule has 0 unspecified atom stereocenters. The summed E-state index contributed by atoms with van der Waals surface area (Å²) in [7, 11) is -3.83. The minimum absolute atomic E-state index is 0.0269. The molecule has 2 heterocycles. The minimum atomic E-state index is -3.83. The van der Waals surface area contributed by atoms with Crippen molar-refractivity contribution >= 4 is 54.8 Å². The van der Waals surface area contributed by atoms with Crippen molar-refractivity contribution in [2.24, 2.45) is 0 Å². The average molecular weight is 482 g/mol. The molecular formula is C20H20ClN3O5S2. The summed E-state index contributed by atoms with van der Waals surface area (Å²) < 4.78 is 35.3. The molecule has 0 saturated carbocycles. The van der Waals surface area contributed by atoms with E-state index in [1.54, 1.807) is 35.2 Å². The molecule has 1 aromatic heterocycles. The first-order chi connectivity index (χ1) is 14.8. The van der Waals surface area contributed by atoms with Gasteiger partial charge in [-0.3, -0.25) is 18.9 Å². The Labute approximate surface area is 188 Å². The highest BCUT2D eigenvalue weighted by Gasteiger charge is 2.19. The van der Waals surface area contributed by atoms with Crippen LogP contribution in [0.2, 0.25) is 5.02 Å². The molecule has 31 heavy (non-hydrogen) atoms. The van der Waals surface area contributed by atoms with Crippen molar-refractivity contribution in [2.45, 2.75) is 17.9 Å². The van der Waals surface area contributed by atoms with Crippen LogP contribution in [0.1, 0.15) is 6.42 Å². The lowest BCUT2D eigenvalue weighted by molar-refractivity contribution is -0.135. The number of morpholine rings is 1. The van der Waals surface area contributed by atoms with E-state index in [-0.39, 0.29) is 28.6 Å². The summed E-state index contributed by atoms with van der Waals surface area (Å²) >= 11 is 6.79. The summed E-state index contributed by atoms with van der Waals surface area (Å²) in [5.74, 6) is -0.0269. The average Bonchev–Trinajstić information content (AvgIpc) is 3.08. The van der Waals surface area contributed by atoms with Crippen LogP contribution in [0.5, 0.6) is 0 Å². The molecule has 0 atom stereocenters. The normalized spacial score (nSPS) is 14.7. The zero-order chi connectivity index (χ0) is 22.0. The fourth-order valence-corrected chi connectivity index (χ4v) is 5.58. The number of sulfonamides is 1. The summed E-state index contributed by atoms with van der Waals surface area (Å²) in [4.78, 5) is 26.4. The molecule has 3 aromatic rings. The third-order valence-corrected chi connectivity index (χ3v) is 7.53. The van der Waals surface area contributed by atoms with Crippen LogP contribution >= 0.6 is 22.9 Å². The largest absolute Gasteiger partial charge is 0.378 e. The van der Waals surface area contributed by atoms with Gasteiger partial charge in [0, 0.05) is 36.8 Å². The first kappa shape index (κ1) is 21.8. The molecule has 0 spiro atoms. The number of nitrogens with zero attached hydrogens (tertiary/aromatic N) is 2. The van der Waals surface area contributed by atoms with Crippen molar-refractivity contribution < 1.29 is 17.9 Å². The number of anilines is 1. The molecule has 0 radical (unpaired) electrons. The molecule has 1 aliphatic rings. The number of aromatic nitrogens is 1. The number of ether oxygens (including phenoxy) is 1. The SMILES string of the molecule is O=C(CCn1c(=O)sc2cc(S(=O)(=O)Nc3ccc(Cl)cc3)ccc21)N1CCOCC1. The van der Waals surface area contributed by atoms with E-state index in [2.05, 4.69) is 4.72 Å². The summed E-state index contributed by atoms with van der Waals surface area (Å²) in [6, 6.07) is 10.8. The molecule has 1 saturated heterocycles. The van der Waals surface area contributed by atoms with Gasteiger partial charge in [-0.15, -0.1) is 0 Å². The smallest absolute Gasteiger partial charge is 0.308 e. The number of fused-ring (bicyclic) bond motifs is 1. The summed E-state index contributed by atoms with van der Waals surface area (Å²) in [6.07, 6.45) is 0.198. The number of halogens is 1. The van der Waals surface area contributed by atoms with Gasteiger partial charge in [0.15, 0.2) is 0 Å². The van der Waals surface area contributed by atoms with Crippen LogP contribution in [0.25, 0.3) is 10.2 Å². The standard InChI is InChI=1S/C20H20ClN3O5S2/c21-14-1-3-15(4-2-14)22-31(27,28)16-5-6-17-18(13-16)30-20(26)24(17)8-7-19(25)23-9-11-29-12-10-23/h1-6,13,22H,7-12H2. The first-order valence-electron chi connectivity index (χ1n) is 9.61. The van der Waals surface area contributed by atoms with E-state index in [0.29, 0.717) is 47.2 Å². The van der Waals surface area contributed by atoms with E-state index in [1.165, 1.54) is 16.7 Å². The lowest BCUT2D eigenvalue weighted by atomic mass is 10.3. The molecular weight excluding hydrogens is 462 g/mol. The maximum atomic E-state index is 12.7. The van der Waals surface area contributed by atoms with Gasteiger partial charge in [-0.2, -0.15) is 0 Å². The van der Waals surface area contributed by atoms with Crippen molar-refractivity contribution in [2.75, 3.05) is 31.0 Å².